The van der Waals surface area contributed by atoms with Crippen molar-refractivity contribution in [2.45, 2.75) is 58.0 Å². The number of thioether (sulfide) groups is 1. The maximum atomic E-state index is 14.0. The number of nitrogens with one attached hydrogen (secondary N) is 1. The first-order chi connectivity index (χ1) is 15.0. The fourth-order valence-corrected chi connectivity index (χ4v) is 4.53. The fraction of sp³-hybridized carbons (Fsp3) is 0.417. The van der Waals surface area contributed by atoms with Gasteiger partial charge in [-0.25, -0.2) is 4.39 Å². The maximum absolute atomic E-state index is 14.0. The van der Waals surface area contributed by atoms with Crippen LogP contribution < -0.4 is 5.32 Å². The van der Waals surface area contributed by atoms with Gasteiger partial charge in [-0.2, -0.15) is 0 Å². The molecule has 8 heteroatoms. The molecular weight excluding hydrogens is 470 g/mol. The molecule has 0 saturated carbocycles. The summed E-state index contributed by atoms with van der Waals surface area (Å²) < 4.78 is 14.0. The first kappa shape index (κ1) is 26.5. The second-order valence-electron chi connectivity index (χ2n) is 8.50. The van der Waals surface area contributed by atoms with Crippen LogP contribution in [-0.4, -0.2) is 34.0 Å². The lowest BCUT2D eigenvalue weighted by Crippen LogP contribution is -2.53. The van der Waals surface area contributed by atoms with Crippen molar-refractivity contribution in [2.75, 3.05) is 5.75 Å². The standard InChI is InChI=1S/C24H29Cl2FN2O2S/c1-5-21(23(31)28-24(2,3)4)29(13-16-9-11-17(25)12-10-16)22(30)15-32-14-18-19(26)7-6-8-20(18)27/h6-12,21H,5,13-15H2,1-4H3,(H,28,31). The molecule has 1 atom stereocenters. The van der Waals surface area contributed by atoms with Gasteiger partial charge in [0.25, 0.3) is 0 Å². The van der Waals surface area contributed by atoms with E-state index in [2.05, 4.69) is 5.32 Å². The number of carbonyl (C=O) groups excluding carboxylic acids is 2. The normalized spacial score (nSPS) is 12.3. The Kier molecular flexibility index (Phi) is 9.86. The van der Waals surface area contributed by atoms with Gasteiger partial charge in [0, 0.05) is 33.4 Å². The van der Waals surface area contributed by atoms with Crippen LogP contribution in [0.4, 0.5) is 4.39 Å². The van der Waals surface area contributed by atoms with E-state index in [1.54, 1.807) is 29.2 Å². The Morgan fingerprint density at radius 2 is 1.78 bits per heavy atom. The lowest BCUT2D eigenvalue weighted by Gasteiger charge is -2.33. The second-order valence-corrected chi connectivity index (χ2v) is 10.3. The topological polar surface area (TPSA) is 49.4 Å². The minimum Gasteiger partial charge on any atom is -0.350 e. The number of nitrogens with zero attached hydrogens (tertiary/aromatic N) is 1. The highest BCUT2D eigenvalue weighted by Crippen LogP contribution is 2.25. The molecule has 0 aliphatic heterocycles. The van der Waals surface area contributed by atoms with Gasteiger partial charge in [0.2, 0.25) is 11.8 Å². The lowest BCUT2D eigenvalue weighted by molar-refractivity contribution is -0.140. The van der Waals surface area contributed by atoms with Gasteiger partial charge < -0.3 is 10.2 Å². The first-order valence-electron chi connectivity index (χ1n) is 10.4. The number of hydrogen-bond donors (Lipinski definition) is 1. The van der Waals surface area contributed by atoms with E-state index in [0.717, 1.165) is 5.56 Å². The molecule has 0 aromatic heterocycles. The van der Waals surface area contributed by atoms with Crippen molar-refractivity contribution in [3.8, 4) is 0 Å². The lowest BCUT2D eigenvalue weighted by atomic mass is 10.1. The minimum absolute atomic E-state index is 0.0948. The van der Waals surface area contributed by atoms with E-state index in [-0.39, 0.29) is 29.9 Å². The third kappa shape index (κ3) is 7.98. The Labute approximate surface area is 203 Å². The Balaban J connectivity index is 2.18. The third-order valence-corrected chi connectivity index (χ3v) is 6.23. The van der Waals surface area contributed by atoms with Gasteiger partial charge in [0.1, 0.15) is 11.9 Å². The average molecular weight is 499 g/mol. The predicted octanol–water partition coefficient (Wildman–Crippen LogP) is 6.09. The van der Waals surface area contributed by atoms with Gasteiger partial charge in [0.05, 0.1) is 5.75 Å². The number of benzene rings is 2. The van der Waals surface area contributed by atoms with Crippen molar-refractivity contribution in [3.63, 3.8) is 0 Å². The Hall–Kier alpha value is -1.76. The van der Waals surface area contributed by atoms with E-state index in [0.29, 0.717) is 22.0 Å². The molecule has 0 bridgehead atoms. The number of carbonyl (C=O) groups is 2. The van der Waals surface area contributed by atoms with E-state index in [1.165, 1.54) is 17.8 Å². The van der Waals surface area contributed by atoms with Crippen LogP contribution in [0.5, 0.6) is 0 Å². The molecule has 2 aromatic rings. The Bertz CT molecular complexity index is 912. The van der Waals surface area contributed by atoms with Crippen molar-refractivity contribution in [3.05, 3.63) is 69.5 Å². The first-order valence-corrected chi connectivity index (χ1v) is 12.3. The smallest absolute Gasteiger partial charge is 0.243 e. The molecule has 1 unspecified atom stereocenters. The summed E-state index contributed by atoms with van der Waals surface area (Å²) in [7, 11) is 0. The molecule has 0 aliphatic carbocycles. The van der Waals surface area contributed by atoms with E-state index in [1.807, 2.05) is 39.8 Å². The molecule has 1 N–H and O–H groups in total. The van der Waals surface area contributed by atoms with E-state index < -0.39 is 17.4 Å². The minimum atomic E-state index is -0.630. The zero-order chi connectivity index (χ0) is 23.9. The molecular formula is C24H29Cl2FN2O2S. The SMILES string of the molecule is CCC(C(=O)NC(C)(C)C)N(Cc1ccc(Cl)cc1)C(=O)CSCc1c(F)cccc1Cl. The second kappa shape index (κ2) is 11.9. The highest BCUT2D eigenvalue weighted by Gasteiger charge is 2.30. The summed E-state index contributed by atoms with van der Waals surface area (Å²) in [5.74, 6) is -0.446. The van der Waals surface area contributed by atoms with Crippen molar-refractivity contribution in [1.82, 2.24) is 10.2 Å². The molecule has 2 rings (SSSR count). The van der Waals surface area contributed by atoms with Crippen LogP contribution in [0.2, 0.25) is 10.0 Å². The molecule has 0 aliphatic rings. The molecule has 0 heterocycles. The van der Waals surface area contributed by atoms with Gasteiger partial charge in [-0.05, 0) is 57.0 Å². The zero-order valence-electron chi connectivity index (χ0n) is 18.8. The molecule has 0 saturated heterocycles. The summed E-state index contributed by atoms with van der Waals surface area (Å²) in [5, 5.41) is 3.90. The van der Waals surface area contributed by atoms with E-state index in [4.69, 9.17) is 23.2 Å². The van der Waals surface area contributed by atoms with Gasteiger partial charge in [-0.3, -0.25) is 9.59 Å². The number of amides is 2. The monoisotopic (exact) mass is 498 g/mol. The summed E-state index contributed by atoms with van der Waals surface area (Å²) in [5.41, 5.74) is 0.816. The highest BCUT2D eigenvalue weighted by molar-refractivity contribution is 7.99. The fourth-order valence-electron chi connectivity index (χ4n) is 3.15. The summed E-state index contributed by atoms with van der Waals surface area (Å²) in [6.45, 7) is 7.85. The zero-order valence-corrected chi connectivity index (χ0v) is 21.1. The van der Waals surface area contributed by atoms with Gasteiger partial charge >= 0.3 is 0 Å². The van der Waals surface area contributed by atoms with Crippen LogP contribution in [-0.2, 0) is 21.9 Å². The average Bonchev–Trinajstić information content (AvgIpc) is 2.70. The number of hydrogen-bond acceptors (Lipinski definition) is 3. The number of rotatable bonds is 9. The third-order valence-electron chi connectivity index (χ3n) is 4.68. The van der Waals surface area contributed by atoms with Crippen LogP contribution in [0.15, 0.2) is 42.5 Å². The number of halogens is 3. The highest BCUT2D eigenvalue weighted by atomic mass is 35.5. The summed E-state index contributed by atoms with van der Waals surface area (Å²) >= 11 is 13.3. The molecule has 2 amide bonds. The van der Waals surface area contributed by atoms with Crippen LogP contribution in [0.1, 0.15) is 45.2 Å². The van der Waals surface area contributed by atoms with Gasteiger partial charge in [-0.15, -0.1) is 11.8 Å². The molecule has 0 fully saturated rings. The summed E-state index contributed by atoms with van der Waals surface area (Å²) in [4.78, 5) is 27.8. The molecule has 0 radical (unpaired) electrons. The molecule has 0 spiro atoms. The van der Waals surface area contributed by atoms with Crippen LogP contribution >= 0.6 is 35.0 Å². The van der Waals surface area contributed by atoms with E-state index >= 15 is 0 Å². The summed E-state index contributed by atoms with van der Waals surface area (Å²) in [6, 6.07) is 11.1. The van der Waals surface area contributed by atoms with E-state index in [9.17, 15) is 14.0 Å². The van der Waals surface area contributed by atoms with Crippen molar-refractivity contribution < 1.29 is 14.0 Å². The van der Waals surface area contributed by atoms with Gasteiger partial charge in [0.15, 0.2) is 0 Å². The quantitative estimate of drug-likeness (QED) is 0.455. The molecule has 174 valence electrons. The van der Waals surface area contributed by atoms with Crippen molar-refractivity contribution in [1.29, 1.82) is 0 Å². The summed E-state index contributed by atoms with van der Waals surface area (Å²) in [6.07, 6.45) is 0.463. The molecule has 4 nitrogen and oxygen atoms in total. The van der Waals surface area contributed by atoms with Crippen LogP contribution in [0.3, 0.4) is 0 Å². The van der Waals surface area contributed by atoms with Crippen LogP contribution in [0.25, 0.3) is 0 Å². The Morgan fingerprint density at radius 3 is 2.34 bits per heavy atom. The van der Waals surface area contributed by atoms with Crippen LogP contribution in [0, 0.1) is 5.82 Å². The van der Waals surface area contributed by atoms with Crippen molar-refractivity contribution >= 4 is 46.8 Å². The Morgan fingerprint density at radius 1 is 1.12 bits per heavy atom. The maximum Gasteiger partial charge on any atom is 0.243 e. The molecule has 2 aromatic carbocycles. The van der Waals surface area contributed by atoms with Gasteiger partial charge in [-0.1, -0.05) is 48.3 Å². The van der Waals surface area contributed by atoms with Crippen molar-refractivity contribution in [2.24, 2.45) is 0 Å². The largest absolute Gasteiger partial charge is 0.350 e. The predicted molar refractivity (Wildman–Crippen MR) is 132 cm³/mol. The molecule has 32 heavy (non-hydrogen) atoms.